The molecule has 0 radical (unpaired) electrons. The topological polar surface area (TPSA) is 98.8 Å². The van der Waals surface area contributed by atoms with Gasteiger partial charge in [-0.05, 0) is 30.8 Å². The van der Waals surface area contributed by atoms with Crippen LogP contribution in [0.25, 0.3) is 22.2 Å². The number of nitrogens with zero attached hydrogens (tertiary/aromatic N) is 4. The number of hydrogen-bond donors (Lipinski definition) is 3. The third-order valence-electron chi connectivity index (χ3n) is 4.68. The number of benzene rings is 1. The highest BCUT2D eigenvalue weighted by Gasteiger charge is 2.07. The minimum atomic E-state index is -0.283. The quantitative estimate of drug-likeness (QED) is 0.441. The minimum absolute atomic E-state index is 0.283. The summed E-state index contributed by atoms with van der Waals surface area (Å²) in [5.41, 5.74) is 4.55. The molecule has 0 aliphatic carbocycles. The fourth-order valence-electron chi connectivity index (χ4n) is 3.14. The van der Waals surface area contributed by atoms with Gasteiger partial charge in [0.15, 0.2) is 0 Å². The summed E-state index contributed by atoms with van der Waals surface area (Å²) in [5.74, 6) is 0.476. The second-order valence-corrected chi connectivity index (χ2v) is 7.05. The van der Waals surface area contributed by atoms with E-state index in [4.69, 9.17) is 0 Å². The van der Waals surface area contributed by atoms with Crippen LogP contribution in [0.5, 0.6) is 0 Å². The van der Waals surface area contributed by atoms with Crippen LogP contribution in [0, 0.1) is 0 Å². The summed E-state index contributed by atoms with van der Waals surface area (Å²) in [6, 6.07) is 15.5. The molecule has 3 aromatic heterocycles. The number of pyridine rings is 2. The van der Waals surface area contributed by atoms with Gasteiger partial charge < -0.3 is 10.2 Å². The molecule has 3 heterocycles. The fraction of sp³-hybridized carbons (Fsp3) is 0.182. The number of fused-ring (bicyclic) bond motifs is 1. The van der Waals surface area contributed by atoms with Gasteiger partial charge in [0.25, 0.3) is 0 Å². The smallest absolute Gasteiger partial charge is 0.320 e. The Balaban J connectivity index is 1.31. The van der Waals surface area contributed by atoms with Gasteiger partial charge in [0.2, 0.25) is 0 Å². The van der Waals surface area contributed by atoms with Gasteiger partial charge in [-0.3, -0.25) is 15.4 Å². The third kappa shape index (κ3) is 4.98. The summed E-state index contributed by atoms with van der Waals surface area (Å²) in [6.07, 6.45) is 5.31. The normalized spacial score (nSPS) is 11.0. The summed E-state index contributed by atoms with van der Waals surface area (Å²) < 4.78 is 0. The largest absolute Gasteiger partial charge is 0.337 e. The molecular weight excluding hydrogens is 378 g/mol. The first kappa shape index (κ1) is 19.5. The summed E-state index contributed by atoms with van der Waals surface area (Å²) in [6.45, 7) is 2.11. The molecule has 8 nitrogen and oxygen atoms in total. The summed E-state index contributed by atoms with van der Waals surface area (Å²) >= 11 is 0. The average molecular weight is 401 g/mol. The maximum atomic E-state index is 12.2. The molecule has 0 saturated carbocycles. The van der Waals surface area contributed by atoms with Gasteiger partial charge in [0.1, 0.15) is 5.82 Å². The lowest BCUT2D eigenvalue weighted by atomic mass is 10.1. The fourth-order valence-corrected chi connectivity index (χ4v) is 3.14. The molecule has 0 unspecified atom stereocenters. The van der Waals surface area contributed by atoms with Crippen molar-refractivity contribution in [3.63, 3.8) is 0 Å². The van der Waals surface area contributed by atoms with Crippen LogP contribution in [-0.2, 0) is 6.54 Å². The molecule has 0 saturated heterocycles. The highest BCUT2D eigenvalue weighted by atomic mass is 16.2. The monoisotopic (exact) mass is 401 g/mol. The Hall–Kier alpha value is -3.78. The number of anilines is 1. The highest BCUT2D eigenvalue weighted by Crippen LogP contribution is 2.21. The lowest BCUT2D eigenvalue weighted by Crippen LogP contribution is -2.35. The van der Waals surface area contributed by atoms with E-state index in [0.29, 0.717) is 17.9 Å². The molecular formula is C22H23N7O. The molecule has 8 heteroatoms. The van der Waals surface area contributed by atoms with Gasteiger partial charge >= 0.3 is 6.03 Å². The van der Waals surface area contributed by atoms with Crippen LogP contribution in [0.3, 0.4) is 0 Å². The number of urea groups is 1. The van der Waals surface area contributed by atoms with Crippen molar-refractivity contribution < 1.29 is 4.79 Å². The van der Waals surface area contributed by atoms with Crippen molar-refractivity contribution in [1.82, 2.24) is 30.4 Å². The number of amides is 2. The van der Waals surface area contributed by atoms with E-state index in [1.807, 2.05) is 37.4 Å². The van der Waals surface area contributed by atoms with E-state index < -0.39 is 0 Å². The molecule has 0 aliphatic heterocycles. The number of H-pyrrole nitrogens is 1. The summed E-state index contributed by atoms with van der Waals surface area (Å²) in [7, 11) is 2.03. The van der Waals surface area contributed by atoms with Crippen molar-refractivity contribution in [3.05, 3.63) is 72.7 Å². The van der Waals surface area contributed by atoms with Gasteiger partial charge in [0.05, 0.1) is 17.2 Å². The number of hydrogen-bond acceptors (Lipinski definition) is 5. The second-order valence-electron chi connectivity index (χ2n) is 7.05. The first-order chi connectivity index (χ1) is 14.7. The zero-order valence-electron chi connectivity index (χ0n) is 16.7. The van der Waals surface area contributed by atoms with Crippen molar-refractivity contribution in [1.29, 1.82) is 0 Å². The summed E-state index contributed by atoms with van der Waals surface area (Å²) in [5, 5.41) is 12.4. The standard InChI is InChI=1S/C22H23N7O/c1-29(15-16-5-3-2-4-6-16)10-9-23-22(30)28-21-8-7-19-20(27-21)11-17(12-24-19)18-13-25-26-14-18/h2-8,11-14H,9-10,15H2,1H3,(H,25,26)(H2,23,27,28,30). The molecule has 0 spiro atoms. The van der Waals surface area contributed by atoms with Crippen molar-refractivity contribution in [2.75, 3.05) is 25.5 Å². The van der Waals surface area contributed by atoms with Crippen LogP contribution >= 0.6 is 0 Å². The molecule has 2 amide bonds. The summed E-state index contributed by atoms with van der Waals surface area (Å²) in [4.78, 5) is 23.3. The Labute approximate surface area is 174 Å². The zero-order valence-corrected chi connectivity index (χ0v) is 16.7. The van der Waals surface area contributed by atoms with Gasteiger partial charge in [-0.15, -0.1) is 0 Å². The molecule has 0 bridgehead atoms. The molecule has 4 aromatic rings. The number of nitrogens with one attached hydrogen (secondary N) is 3. The number of carbonyl (C=O) groups is 1. The number of carbonyl (C=O) groups excluding carboxylic acids is 1. The SMILES string of the molecule is CN(CCNC(=O)Nc1ccc2ncc(-c3cn[nH]c3)cc2n1)Cc1ccccc1. The van der Waals surface area contributed by atoms with E-state index in [1.54, 1.807) is 24.7 Å². The Morgan fingerprint density at radius 1 is 1.07 bits per heavy atom. The van der Waals surface area contributed by atoms with Crippen LogP contribution in [0.2, 0.25) is 0 Å². The van der Waals surface area contributed by atoms with E-state index >= 15 is 0 Å². The lowest BCUT2D eigenvalue weighted by Gasteiger charge is -2.17. The van der Waals surface area contributed by atoms with Crippen molar-refractivity contribution in [3.8, 4) is 11.1 Å². The van der Waals surface area contributed by atoms with Gasteiger partial charge in [-0.1, -0.05) is 30.3 Å². The van der Waals surface area contributed by atoms with E-state index in [2.05, 4.69) is 47.8 Å². The van der Waals surface area contributed by atoms with Gasteiger partial charge in [-0.25, -0.2) is 9.78 Å². The maximum absolute atomic E-state index is 12.2. The first-order valence-corrected chi connectivity index (χ1v) is 9.71. The predicted octanol–water partition coefficient (Wildman–Crippen LogP) is 3.27. The highest BCUT2D eigenvalue weighted by molar-refractivity contribution is 5.90. The molecule has 152 valence electrons. The van der Waals surface area contributed by atoms with Crippen LogP contribution in [0.15, 0.2) is 67.1 Å². The molecule has 0 aliphatic rings. The number of aromatic nitrogens is 4. The predicted molar refractivity (Wildman–Crippen MR) is 117 cm³/mol. The average Bonchev–Trinajstić information content (AvgIpc) is 3.29. The van der Waals surface area contributed by atoms with Crippen LogP contribution in [0.4, 0.5) is 10.6 Å². The molecule has 1 aromatic carbocycles. The van der Waals surface area contributed by atoms with E-state index in [0.717, 1.165) is 29.7 Å². The van der Waals surface area contributed by atoms with Gasteiger partial charge in [-0.2, -0.15) is 5.10 Å². The number of likely N-dealkylation sites (N-methyl/N-ethyl adjacent to an activating group) is 1. The minimum Gasteiger partial charge on any atom is -0.337 e. The lowest BCUT2D eigenvalue weighted by molar-refractivity contribution is 0.249. The maximum Gasteiger partial charge on any atom is 0.320 e. The van der Waals surface area contributed by atoms with Crippen molar-refractivity contribution in [2.24, 2.45) is 0 Å². The molecule has 0 atom stereocenters. The van der Waals surface area contributed by atoms with E-state index in [1.165, 1.54) is 5.56 Å². The van der Waals surface area contributed by atoms with Crippen LogP contribution < -0.4 is 10.6 Å². The van der Waals surface area contributed by atoms with Crippen molar-refractivity contribution >= 4 is 22.9 Å². The zero-order chi connectivity index (χ0) is 20.8. The number of aromatic amines is 1. The van der Waals surface area contributed by atoms with Gasteiger partial charge in [0, 0.05) is 43.2 Å². The third-order valence-corrected chi connectivity index (χ3v) is 4.68. The van der Waals surface area contributed by atoms with Crippen molar-refractivity contribution in [2.45, 2.75) is 6.54 Å². The molecule has 4 rings (SSSR count). The molecule has 3 N–H and O–H groups in total. The first-order valence-electron chi connectivity index (χ1n) is 9.71. The second kappa shape index (κ2) is 9.15. The Bertz CT molecular complexity index is 1110. The number of rotatable bonds is 7. The Kier molecular flexibility index (Phi) is 5.95. The van der Waals surface area contributed by atoms with Crippen LogP contribution in [-0.4, -0.2) is 51.2 Å². The molecule has 0 fully saturated rings. The van der Waals surface area contributed by atoms with E-state index in [9.17, 15) is 4.79 Å². The van der Waals surface area contributed by atoms with E-state index in [-0.39, 0.29) is 6.03 Å². The molecule has 30 heavy (non-hydrogen) atoms. The van der Waals surface area contributed by atoms with Crippen LogP contribution in [0.1, 0.15) is 5.56 Å². The Morgan fingerprint density at radius 2 is 1.93 bits per heavy atom. The Morgan fingerprint density at radius 3 is 2.73 bits per heavy atom.